The molecule has 14 heteroatoms. The first kappa shape index (κ1) is 60.4. The molecule has 6 aliphatic rings. The van der Waals surface area contributed by atoms with Crippen molar-refractivity contribution in [3.63, 3.8) is 0 Å². The van der Waals surface area contributed by atoms with Gasteiger partial charge in [0, 0.05) is 18.9 Å². The second kappa shape index (κ2) is 23.8. The maximum Gasteiger partial charge on any atom is 0.494 e. The first-order valence-corrected chi connectivity index (χ1v) is 28.4. The lowest BCUT2D eigenvalue weighted by Crippen LogP contribution is -2.41. The van der Waals surface area contributed by atoms with Gasteiger partial charge in [0.25, 0.3) is 0 Å². The van der Waals surface area contributed by atoms with Crippen LogP contribution >= 0.6 is 0 Å². The summed E-state index contributed by atoms with van der Waals surface area (Å²) in [5.74, 6) is 0.567. The molecule has 3 atom stereocenters. The number of hydrogen-bond donors (Lipinski definition) is 1. The molecule has 3 aromatic carbocycles. The Balaban J connectivity index is 0.000000169. The van der Waals surface area contributed by atoms with Gasteiger partial charge in [-0.05, 0) is 223 Å². The molecule has 3 aliphatic heterocycles. The maximum atomic E-state index is 12.1. The van der Waals surface area contributed by atoms with E-state index in [9.17, 15) is 9.59 Å². The number of methoxy groups -OCH3 is 1. The highest BCUT2D eigenvalue weighted by Crippen LogP contribution is 2.40. The van der Waals surface area contributed by atoms with Crippen molar-refractivity contribution in [1.29, 1.82) is 0 Å². The van der Waals surface area contributed by atoms with Crippen LogP contribution in [0.5, 0.6) is 0 Å². The molecule has 11 nitrogen and oxygen atoms in total. The summed E-state index contributed by atoms with van der Waals surface area (Å²) in [6.45, 7) is 30.6. The van der Waals surface area contributed by atoms with Crippen molar-refractivity contribution in [1.82, 2.24) is 0 Å². The van der Waals surface area contributed by atoms with E-state index in [1.165, 1.54) is 40.5 Å². The minimum absolute atomic E-state index is 0.0916. The van der Waals surface area contributed by atoms with Crippen LogP contribution < -0.4 is 22.1 Å². The number of esters is 2. The summed E-state index contributed by atoms with van der Waals surface area (Å²) in [4.78, 5) is 23.5. The fourth-order valence-corrected chi connectivity index (χ4v) is 10.2. The SMILES string of the molecule is CC(C)(C)OC(=O)CC1CC=C(c2ccc(B3OC(C)(C)C(C)(C)O3)cc2)CC1.CC1(C)OB(c2ccc(C3=CCC(N)CC3)cc2)OC1(C)C.COC(=O)CC1CC=C(c2ccc(B3OC(C)(C)C(C)(C)O3)cc2)CC1. The summed E-state index contributed by atoms with van der Waals surface area (Å²) < 4.78 is 46.9. The molecule has 416 valence electrons. The van der Waals surface area contributed by atoms with Gasteiger partial charge >= 0.3 is 33.3 Å². The summed E-state index contributed by atoms with van der Waals surface area (Å²) >= 11 is 0. The Morgan fingerprint density at radius 3 is 1.01 bits per heavy atom. The fourth-order valence-electron chi connectivity index (χ4n) is 10.2. The van der Waals surface area contributed by atoms with Crippen molar-refractivity contribution >= 4 is 66.4 Å². The molecule has 3 fully saturated rings. The molecular formula is C63H90B3NO10. The molecule has 2 N–H and O–H groups in total. The van der Waals surface area contributed by atoms with E-state index in [-0.39, 0.29) is 66.9 Å². The van der Waals surface area contributed by atoms with E-state index in [2.05, 4.69) is 174 Å². The minimum atomic E-state index is -0.411. The van der Waals surface area contributed by atoms with Crippen LogP contribution in [0.25, 0.3) is 16.7 Å². The lowest BCUT2D eigenvalue weighted by Gasteiger charge is -2.32. The Hall–Kier alpha value is -4.27. The summed E-state index contributed by atoms with van der Waals surface area (Å²) in [5, 5.41) is 0. The van der Waals surface area contributed by atoms with Crippen LogP contribution in [0, 0.1) is 11.8 Å². The normalized spacial score (nSPS) is 24.8. The molecule has 77 heavy (non-hydrogen) atoms. The van der Waals surface area contributed by atoms with Crippen LogP contribution in [0.2, 0.25) is 0 Å². The maximum absolute atomic E-state index is 12.1. The molecule has 3 heterocycles. The molecular weight excluding hydrogens is 963 g/mol. The number of nitrogens with two attached hydrogens (primary N) is 1. The third-order valence-corrected chi connectivity index (χ3v) is 17.5. The fraction of sp³-hybridized carbons (Fsp3) is 0.587. The average Bonchev–Trinajstić information content (AvgIpc) is 3.83. The Labute approximate surface area is 463 Å². The van der Waals surface area contributed by atoms with Crippen molar-refractivity contribution in [3.8, 4) is 0 Å². The number of carbonyl (C=O) groups excluding carboxylic acids is 2. The summed E-state index contributed by atoms with van der Waals surface area (Å²) in [7, 11) is 0.521. The van der Waals surface area contributed by atoms with Gasteiger partial charge in [0.05, 0.1) is 40.7 Å². The van der Waals surface area contributed by atoms with Crippen LogP contribution in [0.1, 0.15) is 191 Å². The summed E-state index contributed by atoms with van der Waals surface area (Å²) in [5.41, 5.74) is 14.7. The van der Waals surface area contributed by atoms with Crippen molar-refractivity contribution in [2.45, 2.75) is 220 Å². The van der Waals surface area contributed by atoms with E-state index < -0.39 is 5.60 Å². The van der Waals surface area contributed by atoms with Gasteiger partial charge in [0.15, 0.2) is 0 Å². The molecule has 3 aliphatic carbocycles. The third kappa shape index (κ3) is 15.2. The predicted octanol–water partition coefficient (Wildman–Crippen LogP) is 11.5. The van der Waals surface area contributed by atoms with Crippen molar-refractivity contribution in [3.05, 3.63) is 108 Å². The highest BCUT2D eigenvalue weighted by molar-refractivity contribution is 6.63. The predicted molar refractivity (Wildman–Crippen MR) is 314 cm³/mol. The second-order valence-corrected chi connectivity index (χ2v) is 26.2. The Morgan fingerprint density at radius 1 is 0.481 bits per heavy atom. The van der Waals surface area contributed by atoms with Gasteiger partial charge < -0.3 is 43.1 Å². The Morgan fingerprint density at radius 2 is 0.766 bits per heavy atom. The lowest BCUT2D eigenvalue weighted by atomic mass is 9.78. The van der Waals surface area contributed by atoms with E-state index in [0.717, 1.165) is 74.2 Å². The molecule has 0 saturated carbocycles. The van der Waals surface area contributed by atoms with Gasteiger partial charge in [-0.3, -0.25) is 9.59 Å². The van der Waals surface area contributed by atoms with Gasteiger partial charge in [-0.25, -0.2) is 0 Å². The average molecular weight is 1050 g/mol. The monoisotopic (exact) mass is 1050 g/mol. The molecule has 0 radical (unpaired) electrons. The van der Waals surface area contributed by atoms with E-state index in [1.54, 1.807) is 0 Å². The lowest BCUT2D eigenvalue weighted by molar-refractivity contribution is -0.156. The van der Waals surface area contributed by atoms with Crippen LogP contribution in [-0.4, -0.2) is 85.7 Å². The van der Waals surface area contributed by atoms with Gasteiger partial charge in [0.2, 0.25) is 0 Å². The number of carbonyl (C=O) groups is 2. The number of benzene rings is 3. The summed E-state index contributed by atoms with van der Waals surface area (Å²) in [6, 6.07) is 25.9. The minimum Gasteiger partial charge on any atom is -0.469 e. The van der Waals surface area contributed by atoms with E-state index >= 15 is 0 Å². The van der Waals surface area contributed by atoms with Gasteiger partial charge in [-0.1, -0.05) is 91.0 Å². The molecule has 0 aromatic heterocycles. The molecule has 9 rings (SSSR count). The summed E-state index contributed by atoms with van der Waals surface area (Å²) in [6.07, 6.45) is 16.8. The standard InChI is InChI=1S/C24H35BO4.C21H29BO4.C18H26BNO2/c1-22(2,3)27-21(26)16-17-8-10-18(11-9-17)19-12-14-20(15-13-19)25-28-23(4,5)24(6,7)29-25;1-20(2)21(3,4)26-22(25-20)18-12-10-17(11-13-18)16-8-6-15(7-9-16)14-19(23)24-5;1-17(2)18(3,4)22-19(21-17)15-9-5-13(6-10-15)14-7-11-16(20)12-8-14/h10,12-15,17H,8-9,11,16H2,1-7H3;8,10-13,15H,6-7,9,14H2,1-5H3;5-7,9-10,16H,8,11-12,20H2,1-4H3. The molecule has 0 amide bonds. The molecule has 3 unspecified atom stereocenters. The van der Waals surface area contributed by atoms with Gasteiger partial charge in [-0.2, -0.15) is 0 Å². The second-order valence-electron chi connectivity index (χ2n) is 26.2. The van der Waals surface area contributed by atoms with E-state index in [4.69, 9.17) is 43.1 Å². The number of rotatable bonds is 10. The van der Waals surface area contributed by atoms with Crippen LogP contribution in [-0.2, 0) is 47.0 Å². The quantitative estimate of drug-likeness (QED) is 0.154. The highest BCUT2D eigenvalue weighted by atomic mass is 16.7. The first-order chi connectivity index (χ1) is 35.9. The number of hydrogen-bond acceptors (Lipinski definition) is 11. The third-order valence-electron chi connectivity index (χ3n) is 17.5. The van der Waals surface area contributed by atoms with Crippen molar-refractivity contribution in [2.75, 3.05) is 7.11 Å². The zero-order valence-corrected chi connectivity index (χ0v) is 49.6. The number of ether oxygens (including phenoxy) is 2. The molecule has 3 aromatic rings. The van der Waals surface area contributed by atoms with E-state index in [0.29, 0.717) is 30.7 Å². The zero-order chi connectivity index (χ0) is 56.4. The largest absolute Gasteiger partial charge is 0.494 e. The molecule has 0 spiro atoms. The highest BCUT2D eigenvalue weighted by Gasteiger charge is 2.54. The molecule has 0 bridgehead atoms. The van der Waals surface area contributed by atoms with Crippen LogP contribution in [0.3, 0.4) is 0 Å². The van der Waals surface area contributed by atoms with Gasteiger partial charge in [0.1, 0.15) is 5.60 Å². The van der Waals surface area contributed by atoms with Crippen LogP contribution in [0.15, 0.2) is 91.0 Å². The van der Waals surface area contributed by atoms with Crippen molar-refractivity contribution < 1.29 is 47.0 Å². The Bertz CT molecular complexity index is 2560. The number of allylic oxidation sites excluding steroid dienone is 5. The smallest absolute Gasteiger partial charge is 0.469 e. The van der Waals surface area contributed by atoms with Crippen LogP contribution in [0.4, 0.5) is 0 Å². The molecule has 3 saturated heterocycles. The van der Waals surface area contributed by atoms with Crippen molar-refractivity contribution in [2.24, 2.45) is 17.6 Å². The zero-order valence-electron chi connectivity index (χ0n) is 49.6. The van der Waals surface area contributed by atoms with Gasteiger partial charge in [-0.15, -0.1) is 0 Å². The Kier molecular flexibility index (Phi) is 18.7. The first-order valence-electron chi connectivity index (χ1n) is 28.4. The van der Waals surface area contributed by atoms with E-state index in [1.807, 2.05) is 20.8 Å². The topological polar surface area (TPSA) is 134 Å².